The summed E-state index contributed by atoms with van der Waals surface area (Å²) in [6.45, 7) is 8.93. The number of rotatable bonds is 3. The zero-order valence-electron chi connectivity index (χ0n) is 12.4. The molecule has 1 aliphatic rings. The van der Waals surface area contributed by atoms with Crippen LogP contribution in [0.2, 0.25) is 0 Å². The maximum absolute atomic E-state index is 5.74. The van der Waals surface area contributed by atoms with Gasteiger partial charge in [-0.25, -0.2) is 0 Å². The summed E-state index contributed by atoms with van der Waals surface area (Å²) in [5.74, 6) is 2.14. The molecule has 0 bridgehead atoms. The third-order valence-corrected chi connectivity index (χ3v) is 2.93. The number of halogens is 1. The van der Waals surface area contributed by atoms with Crippen molar-refractivity contribution in [3.63, 3.8) is 0 Å². The second kappa shape index (κ2) is 7.66. The fourth-order valence-electron chi connectivity index (χ4n) is 1.90. The molecule has 0 spiro atoms. The van der Waals surface area contributed by atoms with Gasteiger partial charge in [0, 0.05) is 18.0 Å². The Morgan fingerprint density at radius 1 is 1.16 bits per heavy atom. The molecule has 0 saturated heterocycles. The fraction of sp³-hybridized carbons (Fsp3) is 0.571. The standard InChI is InChI=1S/C8H8BClO2.C6H15N/c9-6-2-8-7(11-4-12-8)1-5(6)3-10;1-5(2)7-6(3)4/h1-2H,3-4,9H2;5-7H,1-4H3. The molecule has 1 aromatic carbocycles. The predicted molar refractivity (Wildman–Crippen MR) is 83.7 cm³/mol. The highest BCUT2D eigenvalue weighted by Crippen LogP contribution is 2.31. The van der Waals surface area contributed by atoms with Gasteiger partial charge < -0.3 is 14.8 Å². The van der Waals surface area contributed by atoms with Crippen molar-refractivity contribution in [1.82, 2.24) is 5.32 Å². The summed E-state index contributed by atoms with van der Waals surface area (Å²) in [4.78, 5) is 0. The number of ether oxygens (including phenoxy) is 2. The number of alkyl halides is 1. The summed E-state index contributed by atoms with van der Waals surface area (Å²) < 4.78 is 10.4. The van der Waals surface area contributed by atoms with Crippen LogP contribution in [0.25, 0.3) is 0 Å². The van der Waals surface area contributed by atoms with Gasteiger partial charge in [0.1, 0.15) is 7.85 Å². The lowest BCUT2D eigenvalue weighted by atomic mass is 9.91. The van der Waals surface area contributed by atoms with E-state index in [1.54, 1.807) is 0 Å². The second-order valence-electron chi connectivity index (χ2n) is 5.24. The lowest BCUT2D eigenvalue weighted by molar-refractivity contribution is 0.174. The van der Waals surface area contributed by atoms with Crippen LogP contribution >= 0.6 is 11.6 Å². The highest BCUT2D eigenvalue weighted by atomic mass is 35.5. The van der Waals surface area contributed by atoms with E-state index in [9.17, 15) is 0 Å². The molecule has 1 aliphatic heterocycles. The number of fused-ring (bicyclic) bond motifs is 1. The highest BCUT2D eigenvalue weighted by molar-refractivity contribution is 6.34. The molecule has 0 atom stereocenters. The first-order valence-corrected chi connectivity index (χ1v) is 7.18. The molecule has 0 amide bonds. The van der Waals surface area contributed by atoms with Gasteiger partial charge in [-0.1, -0.05) is 33.2 Å². The molecule has 1 heterocycles. The third kappa shape index (κ3) is 5.33. The van der Waals surface area contributed by atoms with E-state index in [2.05, 4.69) is 33.0 Å². The van der Waals surface area contributed by atoms with Gasteiger partial charge in [-0.15, -0.1) is 11.6 Å². The minimum atomic E-state index is 0.320. The molecule has 0 fully saturated rings. The SMILES string of the molecule is Bc1cc2c(cc1CCl)OCO2.CC(C)NC(C)C. The van der Waals surface area contributed by atoms with E-state index in [-0.39, 0.29) is 0 Å². The van der Waals surface area contributed by atoms with E-state index < -0.39 is 0 Å². The minimum absolute atomic E-state index is 0.320. The van der Waals surface area contributed by atoms with Gasteiger partial charge in [-0.2, -0.15) is 0 Å². The molecule has 5 heteroatoms. The monoisotopic (exact) mass is 283 g/mol. The largest absolute Gasteiger partial charge is 0.454 e. The van der Waals surface area contributed by atoms with Crippen LogP contribution in [0.4, 0.5) is 0 Å². The van der Waals surface area contributed by atoms with E-state index in [1.807, 2.05) is 20.0 Å². The average Bonchev–Trinajstić information content (AvgIpc) is 2.73. The van der Waals surface area contributed by atoms with E-state index in [0.717, 1.165) is 22.5 Å². The molecule has 0 saturated carbocycles. The predicted octanol–water partition coefficient (Wildman–Crippen LogP) is 1.81. The van der Waals surface area contributed by atoms with E-state index >= 15 is 0 Å². The maximum atomic E-state index is 5.74. The van der Waals surface area contributed by atoms with Crippen LogP contribution in [-0.2, 0) is 5.88 Å². The van der Waals surface area contributed by atoms with Gasteiger partial charge in [-0.05, 0) is 17.7 Å². The summed E-state index contributed by atoms with van der Waals surface area (Å²) >= 11 is 5.74. The van der Waals surface area contributed by atoms with Crippen molar-refractivity contribution in [1.29, 1.82) is 0 Å². The van der Waals surface area contributed by atoms with Gasteiger partial charge >= 0.3 is 0 Å². The number of hydrogen-bond acceptors (Lipinski definition) is 3. The van der Waals surface area contributed by atoms with Crippen LogP contribution < -0.4 is 20.3 Å². The summed E-state index contributed by atoms with van der Waals surface area (Å²) in [6, 6.07) is 5.14. The van der Waals surface area contributed by atoms with Gasteiger partial charge in [0.25, 0.3) is 0 Å². The smallest absolute Gasteiger partial charge is 0.231 e. The Hall–Kier alpha value is -0.865. The summed E-state index contributed by atoms with van der Waals surface area (Å²) in [6.07, 6.45) is 0. The van der Waals surface area contributed by atoms with Crippen LogP contribution in [0, 0.1) is 0 Å². The van der Waals surface area contributed by atoms with Crippen LogP contribution in [0.15, 0.2) is 12.1 Å². The lowest BCUT2D eigenvalue weighted by Crippen LogP contribution is -2.29. The first-order chi connectivity index (χ1) is 8.93. The van der Waals surface area contributed by atoms with Crippen molar-refractivity contribution < 1.29 is 9.47 Å². The molecule has 106 valence electrons. The molecule has 0 radical (unpaired) electrons. The Morgan fingerprint density at radius 2 is 1.68 bits per heavy atom. The van der Waals surface area contributed by atoms with E-state index in [4.69, 9.17) is 21.1 Å². The molecular formula is C14H23BClNO2. The van der Waals surface area contributed by atoms with Crippen molar-refractivity contribution in [3.05, 3.63) is 17.7 Å². The summed E-state index contributed by atoms with van der Waals surface area (Å²) in [5, 5.41) is 3.31. The van der Waals surface area contributed by atoms with Crippen LogP contribution in [0.5, 0.6) is 11.5 Å². The Morgan fingerprint density at radius 3 is 2.11 bits per heavy atom. The molecular weight excluding hydrogens is 260 g/mol. The number of nitrogens with one attached hydrogen (secondary N) is 1. The van der Waals surface area contributed by atoms with Gasteiger partial charge in [0.05, 0.1) is 0 Å². The van der Waals surface area contributed by atoms with Crippen LogP contribution in [0.3, 0.4) is 0 Å². The first-order valence-electron chi connectivity index (χ1n) is 6.65. The molecule has 3 nitrogen and oxygen atoms in total. The van der Waals surface area contributed by atoms with Crippen molar-refractivity contribution in [2.75, 3.05) is 6.79 Å². The summed E-state index contributed by atoms with van der Waals surface area (Å²) in [7, 11) is 2.01. The molecule has 1 aromatic rings. The van der Waals surface area contributed by atoms with Crippen molar-refractivity contribution >= 4 is 24.9 Å². The zero-order chi connectivity index (χ0) is 14.4. The molecule has 19 heavy (non-hydrogen) atoms. The van der Waals surface area contributed by atoms with Crippen molar-refractivity contribution in [2.24, 2.45) is 0 Å². The molecule has 2 rings (SSSR count). The second-order valence-corrected chi connectivity index (χ2v) is 5.51. The Bertz CT molecular complexity index is 404. The molecule has 0 aromatic heterocycles. The molecule has 0 aliphatic carbocycles. The third-order valence-electron chi connectivity index (χ3n) is 2.64. The number of benzene rings is 1. The fourth-order valence-corrected chi connectivity index (χ4v) is 2.18. The minimum Gasteiger partial charge on any atom is -0.454 e. The highest BCUT2D eigenvalue weighted by Gasteiger charge is 2.14. The maximum Gasteiger partial charge on any atom is 0.231 e. The van der Waals surface area contributed by atoms with Gasteiger partial charge in [0.15, 0.2) is 11.5 Å². The quantitative estimate of drug-likeness (QED) is 0.678. The van der Waals surface area contributed by atoms with E-state index in [1.165, 1.54) is 0 Å². The summed E-state index contributed by atoms with van der Waals surface area (Å²) in [5.41, 5.74) is 2.25. The lowest BCUT2D eigenvalue weighted by Gasteiger charge is -2.10. The normalized spacial score (nSPS) is 12.6. The Balaban J connectivity index is 0.000000224. The number of hydrogen-bond donors (Lipinski definition) is 1. The molecule has 1 N–H and O–H groups in total. The van der Waals surface area contributed by atoms with Crippen molar-refractivity contribution in [2.45, 2.75) is 45.7 Å². The van der Waals surface area contributed by atoms with Crippen LogP contribution in [0.1, 0.15) is 33.3 Å². The average molecular weight is 284 g/mol. The Kier molecular flexibility index (Phi) is 6.53. The zero-order valence-corrected chi connectivity index (χ0v) is 13.2. The topological polar surface area (TPSA) is 30.5 Å². The van der Waals surface area contributed by atoms with E-state index in [0.29, 0.717) is 24.8 Å². The Labute approximate surface area is 122 Å². The van der Waals surface area contributed by atoms with Crippen LogP contribution in [-0.4, -0.2) is 26.7 Å². The first kappa shape index (κ1) is 16.2. The van der Waals surface area contributed by atoms with Crippen molar-refractivity contribution in [3.8, 4) is 11.5 Å². The molecule has 0 unspecified atom stereocenters. The van der Waals surface area contributed by atoms with Gasteiger partial charge in [0.2, 0.25) is 6.79 Å². The van der Waals surface area contributed by atoms with Gasteiger partial charge in [-0.3, -0.25) is 0 Å².